The van der Waals surface area contributed by atoms with Crippen molar-refractivity contribution in [2.75, 3.05) is 18.2 Å². The predicted octanol–water partition coefficient (Wildman–Crippen LogP) is 4.58. The number of aromatic nitrogens is 1. The topological polar surface area (TPSA) is 85.8 Å². The first-order valence-electron chi connectivity index (χ1n) is 10.0. The van der Waals surface area contributed by atoms with Crippen LogP contribution in [0.25, 0.3) is 5.52 Å². The van der Waals surface area contributed by atoms with Crippen molar-refractivity contribution >= 4 is 28.6 Å². The van der Waals surface area contributed by atoms with Gasteiger partial charge in [-0.3, -0.25) is 9.59 Å². The van der Waals surface area contributed by atoms with Crippen molar-refractivity contribution in [1.82, 2.24) is 4.40 Å². The lowest BCUT2D eigenvalue weighted by molar-refractivity contribution is 0.102. The van der Waals surface area contributed by atoms with Crippen molar-refractivity contribution in [1.29, 1.82) is 0 Å². The zero-order chi connectivity index (χ0) is 22.0. The van der Waals surface area contributed by atoms with E-state index in [1.165, 1.54) is 0 Å². The Morgan fingerprint density at radius 3 is 2.42 bits per heavy atom. The minimum absolute atomic E-state index is 0.151. The summed E-state index contributed by atoms with van der Waals surface area (Å²) in [6.07, 6.45) is 2.52. The average molecular weight is 413 g/mol. The van der Waals surface area contributed by atoms with Crippen LogP contribution in [0.4, 0.5) is 11.4 Å². The third kappa shape index (κ3) is 3.64. The Kier molecular flexibility index (Phi) is 5.45. The fourth-order valence-corrected chi connectivity index (χ4v) is 3.71. The summed E-state index contributed by atoms with van der Waals surface area (Å²) in [7, 11) is 1.57. The molecule has 6 nitrogen and oxygen atoms in total. The van der Waals surface area contributed by atoms with Crippen molar-refractivity contribution in [3.63, 3.8) is 0 Å². The van der Waals surface area contributed by atoms with Crippen LogP contribution in [0, 0.1) is 0 Å². The molecule has 0 aliphatic carbocycles. The maximum Gasteiger partial charge on any atom is 0.259 e. The van der Waals surface area contributed by atoms with Gasteiger partial charge in [0.2, 0.25) is 5.78 Å². The average Bonchev–Trinajstić information content (AvgIpc) is 3.10. The molecule has 0 saturated heterocycles. The van der Waals surface area contributed by atoms with Crippen LogP contribution in [0.2, 0.25) is 0 Å². The SMILES string of the molecule is CCc1ccccc1NC(=O)c1c(N)c(C(=O)c2ccc(OC)cc2)n2ccccc12. The molecule has 4 aromatic rings. The molecule has 0 aliphatic rings. The van der Waals surface area contributed by atoms with Gasteiger partial charge in [0.1, 0.15) is 11.4 Å². The van der Waals surface area contributed by atoms with Gasteiger partial charge in [-0.1, -0.05) is 31.2 Å². The van der Waals surface area contributed by atoms with Gasteiger partial charge in [0.15, 0.2) is 0 Å². The highest BCUT2D eigenvalue weighted by Crippen LogP contribution is 2.30. The molecule has 0 spiro atoms. The van der Waals surface area contributed by atoms with Crippen LogP contribution < -0.4 is 15.8 Å². The minimum Gasteiger partial charge on any atom is -0.497 e. The van der Waals surface area contributed by atoms with E-state index < -0.39 is 0 Å². The van der Waals surface area contributed by atoms with E-state index in [1.807, 2.05) is 37.3 Å². The second-order valence-corrected chi connectivity index (χ2v) is 7.12. The number of nitrogens with two attached hydrogens (primary N) is 1. The van der Waals surface area contributed by atoms with Crippen LogP contribution in [0.15, 0.2) is 72.9 Å². The number of anilines is 2. The van der Waals surface area contributed by atoms with E-state index in [1.54, 1.807) is 54.1 Å². The lowest BCUT2D eigenvalue weighted by atomic mass is 10.1. The molecule has 0 atom stereocenters. The van der Waals surface area contributed by atoms with Gasteiger partial charge in [-0.15, -0.1) is 0 Å². The van der Waals surface area contributed by atoms with Gasteiger partial charge < -0.3 is 20.2 Å². The second kappa shape index (κ2) is 8.36. The molecule has 4 rings (SSSR count). The first kappa shape index (κ1) is 20.2. The first-order chi connectivity index (χ1) is 15.0. The van der Waals surface area contributed by atoms with E-state index in [4.69, 9.17) is 10.5 Å². The van der Waals surface area contributed by atoms with Crippen molar-refractivity contribution in [3.8, 4) is 5.75 Å². The number of rotatable bonds is 6. The largest absolute Gasteiger partial charge is 0.497 e. The summed E-state index contributed by atoms with van der Waals surface area (Å²) in [6, 6.07) is 19.8. The van der Waals surface area contributed by atoms with Crippen LogP contribution in [0.5, 0.6) is 5.75 Å². The van der Waals surface area contributed by atoms with E-state index in [-0.39, 0.29) is 28.6 Å². The Bertz CT molecular complexity index is 1270. The molecule has 0 bridgehead atoms. The highest BCUT2D eigenvalue weighted by molar-refractivity contribution is 6.20. The maximum absolute atomic E-state index is 13.3. The van der Waals surface area contributed by atoms with Gasteiger partial charge in [0.05, 0.1) is 23.9 Å². The summed E-state index contributed by atoms with van der Waals surface area (Å²) in [5.41, 5.74) is 9.88. The third-order valence-electron chi connectivity index (χ3n) is 5.32. The molecule has 3 N–H and O–H groups in total. The van der Waals surface area contributed by atoms with Gasteiger partial charge >= 0.3 is 0 Å². The molecule has 0 fully saturated rings. The number of carbonyl (C=O) groups excluding carboxylic acids is 2. The lowest BCUT2D eigenvalue weighted by Crippen LogP contribution is -2.15. The van der Waals surface area contributed by atoms with Gasteiger partial charge in [-0.05, 0) is 54.4 Å². The van der Waals surface area contributed by atoms with Crippen LogP contribution in [-0.4, -0.2) is 23.2 Å². The molecular formula is C25H23N3O3. The van der Waals surface area contributed by atoms with Gasteiger partial charge in [-0.25, -0.2) is 0 Å². The van der Waals surface area contributed by atoms with Gasteiger partial charge in [0.25, 0.3) is 5.91 Å². The van der Waals surface area contributed by atoms with Gasteiger partial charge in [0, 0.05) is 17.4 Å². The number of ketones is 1. The van der Waals surface area contributed by atoms with Crippen LogP contribution in [0.3, 0.4) is 0 Å². The number of hydrogen-bond donors (Lipinski definition) is 2. The van der Waals surface area contributed by atoms with E-state index in [0.717, 1.165) is 17.7 Å². The molecule has 2 heterocycles. The Hall–Kier alpha value is -4.06. The number of nitrogens with zero attached hydrogens (tertiary/aromatic N) is 1. The summed E-state index contributed by atoms with van der Waals surface area (Å²) in [5, 5.41) is 2.96. The predicted molar refractivity (Wildman–Crippen MR) is 122 cm³/mol. The molecule has 0 unspecified atom stereocenters. The minimum atomic E-state index is -0.351. The molecule has 0 saturated carbocycles. The van der Waals surface area contributed by atoms with E-state index in [2.05, 4.69) is 5.32 Å². The maximum atomic E-state index is 13.3. The molecule has 0 aliphatic heterocycles. The number of aryl methyl sites for hydroxylation is 1. The summed E-state index contributed by atoms with van der Waals surface area (Å²) in [5.74, 6) is 0.0319. The second-order valence-electron chi connectivity index (χ2n) is 7.12. The Balaban J connectivity index is 1.79. The molecule has 156 valence electrons. The number of amides is 1. The van der Waals surface area contributed by atoms with E-state index >= 15 is 0 Å². The summed E-state index contributed by atoms with van der Waals surface area (Å²) in [6.45, 7) is 2.03. The molecule has 1 amide bonds. The van der Waals surface area contributed by atoms with Crippen molar-refractivity contribution in [2.45, 2.75) is 13.3 Å². The molecule has 6 heteroatoms. The molecule has 2 aromatic carbocycles. The fourth-order valence-electron chi connectivity index (χ4n) is 3.71. The molecule has 31 heavy (non-hydrogen) atoms. The number of para-hydroxylation sites is 1. The summed E-state index contributed by atoms with van der Waals surface area (Å²) >= 11 is 0. The summed E-state index contributed by atoms with van der Waals surface area (Å²) in [4.78, 5) is 26.5. The fraction of sp³-hybridized carbons (Fsp3) is 0.120. The third-order valence-corrected chi connectivity index (χ3v) is 5.32. The highest BCUT2D eigenvalue weighted by atomic mass is 16.5. The zero-order valence-electron chi connectivity index (χ0n) is 17.4. The van der Waals surface area contributed by atoms with Crippen LogP contribution in [-0.2, 0) is 6.42 Å². The number of nitrogen functional groups attached to an aromatic ring is 1. The summed E-state index contributed by atoms with van der Waals surface area (Å²) < 4.78 is 6.83. The van der Waals surface area contributed by atoms with Gasteiger partial charge in [-0.2, -0.15) is 0 Å². The van der Waals surface area contributed by atoms with Crippen molar-refractivity contribution < 1.29 is 14.3 Å². The van der Waals surface area contributed by atoms with Crippen molar-refractivity contribution in [2.24, 2.45) is 0 Å². The number of ether oxygens (including phenoxy) is 1. The Morgan fingerprint density at radius 1 is 1.00 bits per heavy atom. The molecular weight excluding hydrogens is 390 g/mol. The van der Waals surface area contributed by atoms with E-state index in [0.29, 0.717) is 16.8 Å². The van der Waals surface area contributed by atoms with Crippen molar-refractivity contribution in [3.05, 3.63) is 95.3 Å². The first-order valence-corrected chi connectivity index (χ1v) is 10.0. The van der Waals surface area contributed by atoms with Crippen LogP contribution in [0.1, 0.15) is 38.9 Å². The quantitative estimate of drug-likeness (QED) is 0.453. The smallest absolute Gasteiger partial charge is 0.259 e. The lowest BCUT2D eigenvalue weighted by Gasteiger charge is -2.10. The number of methoxy groups -OCH3 is 1. The zero-order valence-corrected chi connectivity index (χ0v) is 17.4. The standard InChI is InChI=1S/C25H23N3O3/c1-3-16-8-4-5-9-19(16)27-25(30)21-20-10-6-7-15-28(20)23(22(21)26)24(29)17-11-13-18(31-2)14-12-17/h4-15H,3,26H2,1-2H3,(H,27,30). The highest BCUT2D eigenvalue weighted by Gasteiger charge is 2.26. The molecule has 2 aromatic heterocycles. The number of benzene rings is 2. The number of fused-ring (bicyclic) bond motifs is 1. The Labute approximate surface area is 180 Å². The number of nitrogens with one attached hydrogen (secondary N) is 1. The monoisotopic (exact) mass is 413 g/mol. The number of hydrogen-bond acceptors (Lipinski definition) is 4. The molecule has 0 radical (unpaired) electrons. The van der Waals surface area contributed by atoms with Crippen LogP contribution >= 0.6 is 0 Å². The Morgan fingerprint density at radius 2 is 1.71 bits per heavy atom. The normalized spacial score (nSPS) is 10.8. The number of pyridine rings is 1. The van der Waals surface area contributed by atoms with E-state index in [9.17, 15) is 9.59 Å². The number of carbonyl (C=O) groups is 2.